The Labute approximate surface area is 166 Å². The third-order valence-electron chi connectivity index (χ3n) is 3.04. The number of amides is 1. The number of hydrazone groups is 1. The van der Waals surface area contributed by atoms with Crippen molar-refractivity contribution in [1.29, 1.82) is 0 Å². The van der Waals surface area contributed by atoms with Crippen molar-refractivity contribution >= 4 is 61.3 Å². The quantitative estimate of drug-likeness (QED) is 0.419. The number of carbonyl (C=O) groups excluding carboxylic acids is 1. The molecule has 0 saturated carbocycles. The predicted molar refractivity (Wildman–Crippen MR) is 106 cm³/mol. The lowest BCUT2D eigenvalue weighted by molar-refractivity contribution is -0.119. The summed E-state index contributed by atoms with van der Waals surface area (Å²) < 4.78 is 6.48. The molecule has 0 saturated heterocycles. The second-order valence-corrected chi connectivity index (χ2v) is 6.97. The molecule has 6 nitrogen and oxygen atoms in total. The highest BCUT2D eigenvalue weighted by Crippen LogP contribution is 2.34. The zero-order chi connectivity index (χ0) is 18.4. The van der Waals surface area contributed by atoms with Gasteiger partial charge < -0.3 is 15.2 Å². The molecule has 2 aromatic carbocycles. The lowest BCUT2D eigenvalue weighted by Crippen LogP contribution is -2.26. The molecular weight excluding hydrogens is 477 g/mol. The van der Waals surface area contributed by atoms with E-state index in [0.29, 0.717) is 22.0 Å². The number of benzene rings is 2. The maximum atomic E-state index is 11.9. The first-order chi connectivity index (χ1) is 11.9. The number of carbonyl (C=O) groups is 1. The molecule has 0 bridgehead atoms. The third-order valence-corrected chi connectivity index (χ3v) is 4.51. The Morgan fingerprint density at radius 1 is 1.32 bits per heavy atom. The van der Waals surface area contributed by atoms with E-state index in [1.54, 1.807) is 24.3 Å². The zero-order valence-corrected chi connectivity index (χ0v) is 16.9. The van der Waals surface area contributed by atoms with E-state index in [-0.39, 0.29) is 18.2 Å². The van der Waals surface area contributed by atoms with Gasteiger partial charge in [-0.05, 0) is 67.8 Å². The fourth-order valence-corrected chi connectivity index (χ4v) is 3.82. The average Bonchev–Trinajstić information content (AvgIpc) is 2.55. The number of ether oxygens (including phenoxy) is 1. The van der Waals surface area contributed by atoms with E-state index in [2.05, 4.69) is 47.7 Å². The fourth-order valence-electron chi connectivity index (χ4n) is 1.87. The topological polar surface area (TPSA) is 83.0 Å². The van der Waals surface area contributed by atoms with Crippen molar-refractivity contribution in [2.24, 2.45) is 5.10 Å². The highest BCUT2D eigenvalue weighted by Gasteiger charge is 2.08. The van der Waals surface area contributed by atoms with Gasteiger partial charge in [-0.3, -0.25) is 4.79 Å². The Morgan fingerprint density at radius 3 is 2.64 bits per heavy atom. The summed E-state index contributed by atoms with van der Waals surface area (Å²) in [4.78, 5) is 11.9. The Balaban J connectivity index is 1.91. The number of halogens is 3. The summed E-state index contributed by atoms with van der Waals surface area (Å²) in [5.41, 5.74) is 3.80. The van der Waals surface area contributed by atoms with Crippen LogP contribution in [0.15, 0.2) is 44.4 Å². The van der Waals surface area contributed by atoms with Crippen LogP contribution in [0.2, 0.25) is 5.02 Å². The molecule has 0 aliphatic heterocycles. The highest BCUT2D eigenvalue weighted by atomic mass is 79.9. The molecule has 0 spiro atoms. The van der Waals surface area contributed by atoms with Gasteiger partial charge in [0.2, 0.25) is 0 Å². The van der Waals surface area contributed by atoms with Crippen molar-refractivity contribution < 1.29 is 14.6 Å². The van der Waals surface area contributed by atoms with Crippen LogP contribution in [0, 0.1) is 0 Å². The normalized spacial score (nSPS) is 10.7. The first kappa shape index (κ1) is 19.6. The molecule has 0 heterocycles. The number of aromatic hydroxyl groups is 1. The van der Waals surface area contributed by atoms with E-state index < -0.39 is 0 Å². The summed E-state index contributed by atoms with van der Waals surface area (Å²) in [5, 5.41) is 17.0. The number of hydrogen-bond donors (Lipinski definition) is 3. The number of phenols is 1. The van der Waals surface area contributed by atoms with Crippen molar-refractivity contribution in [3.8, 4) is 11.5 Å². The molecule has 132 valence electrons. The molecule has 2 aromatic rings. The maximum Gasteiger partial charge on any atom is 0.259 e. The van der Waals surface area contributed by atoms with Crippen LogP contribution >= 0.6 is 43.5 Å². The number of phenolic OH excluding ortho intramolecular Hbond substituents is 1. The van der Waals surface area contributed by atoms with Gasteiger partial charge in [0.15, 0.2) is 11.5 Å². The smallest absolute Gasteiger partial charge is 0.259 e. The second kappa shape index (κ2) is 9.07. The molecule has 2 rings (SSSR count). The van der Waals surface area contributed by atoms with Crippen molar-refractivity contribution in [3.63, 3.8) is 0 Å². The molecule has 0 atom stereocenters. The fraction of sp³-hybridized carbons (Fsp3) is 0.125. The minimum absolute atomic E-state index is 0.0229. The molecular formula is C16H14Br2ClN3O3. The van der Waals surface area contributed by atoms with Crippen molar-refractivity contribution in [3.05, 3.63) is 49.9 Å². The Bertz CT molecular complexity index is 792. The van der Waals surface area contributed by atoms with Gasteiger partial charge in [-0.15, -0.1) is 0 Å². The number of nitrogens with zero attached hydrogens (tertiary/aromatic N) is 1. The zero-order valence-electron chi connectivity index (χ0n) is 13.0. The van der Waals surface area contributed by atoms with Crippen LogP contribution in [-0.2, 0) is 4.79 Å². The van der Waals surface area contributed by atoms with E-state index in [1.807, 2.05) is 0 Å². The Morgan fingerprint density at radius 2 is 2.00 bits per heavy atom. The van der Waals surface area contributed by atoms with E-state index >= 15 is 0 Å². The molecule has 3 N–H and O–H groups in total. The van der Waals surface area contributed by atoms with Crippen molar-refractivity contribution in [2.45, 2.75) is 0 Å². The SMILES string of the molecule is COc1cc(/C=N/NC(=O)CNc2c(Br)cc(Cl)cc2Br)ccc1O. The molecule has 0 unspecified atom stereocenters. The molecule has 0 radical (unpaired) electrons. The largest absolute Gasteiger partial charge is 0.504 e. The molecule has 0 fully saturated rings. The van der Waals surface area contributed by atoms with Gasteiger partial charge in [-0.1, -0.05) is 11.6 Å². The van der Waals surface area contributed by atoms with Gasteiger partial charge in [0.1, 0.15) is 0 Å². The highest BCUT2D eigenvalue weighted by molar-refractivity contribution is 9.11. The molecule has 0 aliphatic rings. The van der Waals surface area contributed by atoms with E-state index in [0.717, 1.165) is 8.95 Å². The second-order valence-electron chi connectivity index (χ2n) is 4.82. The molecule has 1 amide bonds. The standard InChI is InChI=1S/C16H14Br2ClN3O3/c1-25-14-4-9(2-3-13(14)23)7-21-22-15(24)8-20-16-11(17)5-10(19)6-12(16)18/h2-7,20,23H,8H2,1H3,(H,22,24)/b21-7+. The van der Waals surface area contributed by atoms with Gasteiger partial charge >= 0.3 is 0 Å². The van der Waals surface area contributed by atoms with Crippen LogP contribution in [0.3, 0.4) is 0 Å². The van der Waals surface area contributed by atoms with Crippen LogP contribution in [0.4, 0.5) is 5.69 Å². The first-order valence-corrected chi connectivity index (χ1v) is 8.94. The summed E-state index contributed by atoms with van der Waals surface area (Å²) in [6.45, 7) is 0.0229. The lowest BCUT2D eigenvalue weighted by atomic mass is 10.2. The van der Waals surface area contributed by atoms with Gasteiger partial charge in [-0.25, -0.2) is 5.43 Å². The van der Waals surface area contributed by atoms with E-state index in [4.69, 9.17) is 16.3 Å². The minimum atomic E-state index is -0.323. The average molecular weight is 492 g/mol. The first-order valence-electron chi connectivity index (χ1n) is 6.98. The third kappa shape index (κ3) is 5.62. The Hall–Kier alpha value is -1.77. The van der Waals surface area contributed by atoms with Crippen LogP contribution in [-0.4, -0.2) is 30.9 Å². The van der Waals surface area contributed by atoms with Gasteiger partial charge in [0, 0.05) is 14.0 Å². The minimum Gasteiger partial charge on any atom is -0.504 e. The van der Waals surface area contributed by atoms with Crippen LogP contribution in [0.1, 0.15) is 5.56 Å². The molecule has 9 heteroatoms. The summed E-state index contributed by atoms with van der Waals surface area (Å²) in [6, 6.07) is 8.18. The number of methoxy groups -OCH3 is 1. The van der Waals surface area contributed by atoms with Crippen LogP contribution in [0.5, 0.6) is 11.5 Å². The molecule has 25 heavy (non-hydrogen) atoms. The van der Waals surface area contributed by atoms with Crippen molar-refractivity contribution in [2.75, 3.05) is 19.0 Å². The van der Waals surface area contributed by atoms with Gasteiger partial charge in [0.25, 0.3) is 5.91 Å². The Kier molecular flexibility index (Phi) is 7.10. The predicted octanol–water partition coefficient (Wildman–Crippen LogP) is 4.14. The lowest BCUT2D eigenvalue weighted by Gasteiger charge is -2.10. The summed E-state index contributed by atoms with van der Waals surface area (Å²) in [7, 11) is 1.45. The van der Waals surface area contributed by atoms with Gasteiger partial charge in [-0.2, -0.15) is 5.10 Å². The van der Waals surface area contributed by atoms with Crippen LogP contribution in [0.25, 0.3) is 0 Å². The van der Waals surface area contributed by atoms with E-state index in [1.165, 1.54) is 19.4 Å². The summed E-state index contributed by atoms with van der Waals surface area (Å²) in [5.74, 6) is 0.0390. The van der Waals surface area contributed by atoms with E-state index in [9.17, 15) is 9.90 Å². The number of anilines is 1. The summed E-state index contributed by atoms with van der Waals surface area (Å²) in [6.07, 6.45) is 1.45. The number of nitrogens with one attached hydrogen (secondary N) is 2. The monoisotopic (exact) mass is 489 g/mol. The van der Waals surface area contributed by atoms with Crippen LogP contribution < -0.4 is 15.5 Å². The number of hydrogen-bond acceptors (Lipinski definition) is 5. The molecule has 0 aliphatic carbocycles. The maximum absolute atomic E-state index is 11.9. The summed E-state index contributed by atoms with van der Waals surface area (Å²) >= 11 is 12.7. The van der Waals surface area contributed by atoms with Gasteiger partial charge in [0.05, 0.1) is 25.6 Å². The number of rotatable bonds is 6. The van der Waals surface area contributed by atoms with Crippen molar-refractivity contribution in [1.82, 2.24) is 5.43 Å². The molecule has 0 aromatic heterocycles.